The van der Waals surface area contributed by atoms with Gasteiger partial charge in [0.2, 0.25) is 0 Å². The second kappa shape index (κ2) is 6.48. The highest BCUT2D eigenvalue weighted by Gasteiger charge is 2.10. The lowest BCUT2D eigenvalue weighted by Gasteiger charge is -2.20. The first-order valence-electron chi connectivity index (χ1n) is 6.70. The van der Waals surface area contributed by atoms with Crippen LogP contribution in [0.5, 0.6) is 0 Å². The summed E-state index contributed by atoms with van der Waals surface area (Å²) in [6.07, 6.45) is 0.973. The van der Waals surface area contributed by atoms with Gasteiger partial charge in [-0.2, -0.15) is 0 Å². The molecule has 0 saturated heterocycles. The lowest BCUT2D eigenvalue weighted by Crippen LogP contribution is -2.30. The van der Waals surface area contributed by atoms with Crippen LogP contribution in [-0.4, -0.2) is 6.04 Å². The van der Waals surface area contributed by atoms with Crippen molar-refractivity contribution in [3.8, 4) is 0 Å². The van der Waals surface area contributed by atoms with E-state index < -0.39 is 0 Å². The van der Waals surface area contributed by atoms with E-state index in [-0.39, 0.29) is 11.9 Å². The molecule has 1 nitrogen and oxygen atoms in total. The van der Waals surface area contributed by atoms with Crippen LogP contribution in [0.1, 0.15) is 31.0 Å². The predicted molar refractivity (Wildman–Crippen MR) is 77.6 cm³/mol. The molecule has 2 atom stereocenters. The van der Waals surface area contributed by atoms with Crippen LogP contribution < -0.4 is 5.32 Å². The van der Waals surface area contributed by atoms with Gasteiger partial charge in [-0.05, 0) is 43.5 Å². The van der Waals surface area contributed by atoms with E-state index in [2.05, 4.69) is 43.4 Å². The third kappa shape index (κ3) is 4.18. The Morgan fingerprint density at radius 1 is 1.00 bits per heavy atom. The zero-order valence-electron chi connectivity index (χ0n) is 11.4. The van der Waals surface area contributed by atoms with Gasteiger partial charge < -0.3 is 5.32 Å². The van der Waals surface area contributed by atoms with Crippen molar-refractivity contribution in [2.45, 2.75) is 32.4 Å². The smallest absolute Gasteiger partial charge is 0.123 e. The molecule has 2 aromatic carbocycles. The maximum atomic E-state index is 13.2. The van der Waals surface area contributed by atoms with Crippen molar-refractivity contribution in [1.82, 2.24) is 5.32 Å². The van der Waals surface area contributed by atoms with Crippen LogP contribution in [0.4, 0.5) is 4.39 Å². The molecule has 100 valence electrons. The van der Waals surface area contributed by atoms with Gasteiger partial charge in [-0.25, -0.2) is 4.39 Å². The Balaban J connectivity index is 1.93. The molecule has 2 rings (SSSR count). The fourth-order valence-corrected chi connectivity index (χ4v) is 2.33. The Hall–Kier alpha value is -1.67. The lowest BCUT2D eigenvalue weighted by atomic mass is 10.0. The zero-order chi connectivity index (χ0) is 13.7. The summed E-state index contributed by atoms with van der Waals surface area (Å²) in [5.74, 6) is -0.179. The molecule has 0 aliphatic rings. The molecule has 0 aliphatic carbocycles. The van der Waals surface area contributed by atoms with Crippen molar-refractivity contribution in [1.29, 1.82) is 0 Å². The molecule has 0 saturated carbocycles. The van der Waals surface area contributed by atoms with Gasteiger partial charge in [0.15, 0.2) is 0 Å². The summed E-state index contributed by atoms with van der Waals surface area (Å²) in [7, 11) is 0. The van der Waals surface area contributed by atoms with E-state index in [1.165, 1.54) is 11.6 Å². The molecule has 0 aliphatic heterocycles. The molecule has 1 unspecified atom stereocenters. The Kier molecular flexibility index (Phi) is 4.69. The van der Waals surface area contributed by atoms with Crippen LogP contribution >= 0.6 is 0 Å². The van der Waals surface area contributed by atoms with Gasteiger partial charge in [0.1, 0.15) is 5.82 Å². The molecule has 0 radical (unpaired) electrons. The van der Waals surface area contributed by atoms with Crippen molar-refractivity contribution in [3.05, 3.63) is 71.5 Å². The first kappa shape index (κ1) is 13.8. The molecule has 1 N–H and O–H groups in total. The highest BCUT2D eigenvalue weighted by atomic mass is 19.1. The summed E-state index contributed by atoms with van der Waals surface area (Å²) in [4.78, 5) is 0. The minimum absolute atomic E-state index is 0.148. The number of hydrogen-bond acceptors (Lipinski definition) is 1. The summed E-state index contributed by atoms with van der Waals surface area (Å²) >= 11 is 0. The van der Waals surface area contributed by atoms with E-state index in [0.29, 0.717) is 6.04 Å². The molecule has 2 aromatic rings. The zero-order valence-corrected chi connectivity index (χ0v) is 11.4. The quantitative estimate of drug-likeness (QED) is 0.850. The van der Waals surface area contributed by atoms with E-state index >= 15 is 0 Å². The standard InChI is InChI=1S/C17H20FN/c1-13(11-15-7-4-3-5-8-15)19-14(2)16-9-6-10-17(18)12-16/h3-10,12-14,19H,11H2,1-2H3/t13?,14-/m1/s1. The molecule has 2 heteroatoms. The van der Waals surface area contributed by atoms with Crippen LogP contribution in [0.15, 0.2) is 54.6 Å². The Labute approximate surface area is 114 Å². The summed E-state index contributed by atoms with van der Waals surface area (Å²) in [5, 5.41) is 3.51. The highest BCUT2D eigenvalue weighted by molar-refractivity contribution is 5.20. The van der Waals surface area contributed by atoms with Gasteiger partial charge in [-0.15, -0.1) is 0 Å². The van der Waals surface area contributed by atoms with E-state index in [4.69, 9.17) is 0 Å². The van der Waals surface area contributed by atoms with Crippen molar-refractivity contribution >= 4 is 0 Å². The molecular weight excluding hydrogens is 237 g/mol. The third-order valence-electron chi connectivity index (χ3n) is 3.27. The molecule has 0 aromatic heterocycles. The van der Waals surface area contributed by atoms with Gasteiger partial charge in [0.05, 0.1) is 0 Å². The lowest BCUT2D eigenvalue weighted by molar-refractivity contribution is 0.475. The molecule has 0 bridgehead atoms. The monoisotopic (exact) mass is 257 g/mol. The second-order valence-corrected chi connectivity index (χ2v) is 5.03. The Morgan fingerprint density at radius 2 is 1.74 bits per heavy atom. The van der Waals surface area contributed by atoms with Crippen molar-refractivity contribution in [3.63, 3.8) is 0 Å². The van der Waals surface area contributed by atoms with E-state index in [1.54, 1.807) is 12.1 Å². The first-order chi connectivity index (χ1) is 9.15. The fraction of sp³-hybridized carbons (Fsp3) is 0.294. The number of halogens is 1. The molecule has 0 amide bonds. The average molecular weight is 257 g/mol. The van der Waals surface area contributed by atoms with Gasteiger partial charge in [0, 0.05) is 12.1 Å². The topological polar surface area (TPSA) is 12.0 Å². The number of hydrogen-bond donors (Lipinski definition) is 1. The molecule has 19 heavy (non-hydrogen) atoms. The van der Waals surface area contributed by atoms with E-state index in [0.717, 1.165) is 12.0 Å². The number of rotatable bonds is 5. The van der Waals surface area contributed by atoms with Crippen LogP contribution in [0.2, 0.25) is 0 Å². The van der Waals surface area contributed by atoms with Crippen molar-refractivity contribution < 1.29 is 4.39 Å². The predicted octanol–water partition coefficient (Wildman–Crippen LogP) is 4.11. The Bertz CT molecular complexity index is 510. The largest absolute Gasteiger partial charge is 0.307 e. The normalized spacial score (nSPS) is 14.1. The summed E-state index contributed by atoms with van der Waals surface area (Å²) in [6.45, 7) is 4.22. The van der Waals surface area contributed by atoms with Crippen molar-refractivity contribution in [2.75, 3.05) is 0 Å². The van der Waals surface area contributed by atoms with Crippen molar-refractivity contribution in [2.24, 2.45) is 0 Å². The van der Waals surface area contributed by atoms with Crippen LogP contribution in [-0.2, 0) is 6.42 Å². The van der Waals surface area contributed by atoms with Crippen LogP contribution in [0, 0.1) is 5.82 Å². The Morgan fingerprint density at radius 3 is 2.42 bits per heavy atom. The van der Waals surface area contributed by atoms with Gasteiger partial charge in [-0.3, -0.25) is 0 Å². The van der Waals surface area contributed by atoms with E-state index in [9.17, 15) is 4.39 Å². The number of benzene rings is 2. The number of nitrogens with one attached hydrogen (secondary N) is 1. The first-order valence-corrected chi connectivity index (χ1v) is 6.70. The minimum atomic E-state index is -0.179. The van der Waals surface area contributed by atoms with Gasteiger partial charge >= 0.3 is 0 Å². The maximum Gasteiger partial charge on any atom is 0.123 e. The molecule has 0 heterocycles. The van der Waals surface area contributed by atoms with Gasteiger partial charge in [0.25, 0.3) is 0 Å². The summed E-state index contributed by atoms with van der Waals surface area (Å²) in [6, 6.07) is 17.7. The van der Waals surface area contributed by atoms with Crippen LogP contribution in [0.3, 0.4) is 0 Å². The van der Waals surface area contributed by atoms with Gasteiger partial charge in [-0.1, -0.05) is 42.5 Å². The summed E-state index contributed by atoms with van der Waals surface area (Å²) in [5.41, 5.74) is 2.30. The average Bonchev–Trinajstić information content (AvgIpc) is 2.39. The second-order valence-electron chi connectivity index (χ2n) is 5.03. The van der Waals surface area contributed by atoms with Crippen LogP contribution in [0.25, 0.3) is 0 Å². The minimum Gasteiger partial charge on any atom is -0.307 e. The maximum absolute atomic E-state index is 13.2. The summed E-state index contributed by atoms with van der Waals surface area (Å²) < 4.78 is 13.2. The molecule has 0 fully saturated rings. The fourth-order valence-electron chi connectivity index (χ4n) is 2.33. The molecule has 0 spiro atoms. The third-order valence-corrected chi connectivity index (χ3v) is 3.27. The molecular formula is C17H20FN. The van der Waals surface area contributed by atoms with E-state index in [1.807, 2.05) is 12.1 Å². The highest BCUT2D eigenvalue weighted by Crippen LogP contribution is 2.15. The SMILES string of the molecule is CC(Cc1ccccc1)N[C@H](C)c1cccc(F)c1.